The van der Waals surface area contributed by atoms with Gasteiger partial charge in [0.25, 0.3) is 0 Å². The maximum absolute atomic E-state index is 6.42. The molecule has 1 unspecified atom stereocenters. The van der Waals surface area contributed by atoms with Crippen molar-refractivity contribution in [1.29, 1.82) is 0 Å². The van der Waals surface area contributed by atoms with Crippen LogP contribution in [0.15, 0.2) is 53.7 Å². The first-order chi connectivity index (χ1) is 15.9. The standard InChI is InChI=1S/C25H33N7O/c1-30(2)12-13-31(3)23-15-24(33-5)21(14-19(23)26)29-25-27-11-10-20(28-25)18-16-32(4)22-9-7-6-8-17(18)22/h6-11,14-16,25,28-29H,12-13,26H2,1-5H3. The first kappa shape index (κ1) is 22.5. The molecule has 2 aromatic carbocycles. The Labute approximate surface area is 195 Å². The highest BCUT2D eigenvalue weighted by Crippen LogP contribution is 2.35. The second-order valence-electron chi connectivity index (χ2n) is 8.58. The summed E-state index contributed by atoms with van der Waals surface area (Å²) in [5.74, 6) is 0.717. The molecule has 0 spiro atoms. The number of nitrogens with zero attached hydrogens (tertiary/aromatic N) is 4. The zero-order valence-corrected chi connectivity index (χ0v) is 20.0. The van der Waals surface area contributed by atoms with Crippen LogP contribution in [0.4, 0.5) is 17.1 Å². The molecule has 2 heterocycles. The number of aliphatic imine (C=N–C) groups is 1. The van der Waals surface area contributed by atoms with Gasteiger partial charge in [0, 0.05) is 67.8 Å². The third kappa shape index (κ3) is 4.75. The molecule has 1 aromatic heterocycles. The number of benzene rings is 2. The Hall–Kier alpha value is -3.65. The Morgan fingerprint density at radius 2 is 1.97 bits per heavy atom. The number of fused-ring (bicyclic) bond motifs is 1. The fraction of sp³-hybridized carbons (Fsp3) is 0.320. The van der Waals surface area contributed by atoms with Gasteiger partial charge in [-0.2, -0.15) is 0 Å². The van der Waals surface area contributed by atoms with Crippen molar-refractivity contribution in [2.45, 2.75) is 6.29 Å². The maximum Gasteiger partial charge on any atom is 0.194 e. The number of hydrogen-bond acceptors (Lipinski definition) is 7. The van der Waals surface area contributed by atoms with Crippen molar-refractivity contribution >= 4 is 39.9 Å². The van der Waals surface area contributed by atoms with Gasteiger partial charge in [-0.15, -0.1) is 0 Å². The fourth-order valence-electron chi connectivity index (χ4n) is 4.05. The van der Waals surface area contributed by atoms with Crippen LogP contribution in [0.25, 0.3) is 16.6 Å². The molecule has 0 saturated heterocycles. The minimum absolute atomic E-state index is 0.352. The molecule has 0 aliphatic carbocycles. The van der Waals surface area contributed by atoms with Crippen LogP contribution in [0.3, 0.4) is 0 Å². The van der Waals surface area contributed by atoms with Gasteiger partial charge < -0.3 is 35.5 Å². The van der Waals surface area contributed by atoms with E-state index in [1.165, 1.54) is 10.9 Å². The van der Waals surface area contributed by atoms with Crippen LogP contribution in [-0.2, 0) is 7.05 Å². The molecule has 0 fully saturated rings. The van der Waals surface area contributed by atoms with Gasteiger partial charge in [-0.1, -0.05) is 18.2 Å². The summed E-state index contributed by atoms with van der Waals surface area (Å²) in [7, 11) is 9.88. The highest BCUT2D eigenvalue weighted by Gasteiger charge is 2.19. The lowest BCUT2D eigenvalue weighted by atomic mass is 10.1. The lowest BCUT2D eigenvalue weighted by molar-refractivity contribution is 0.413. The minimum atomic E-state index is -0.352. The molecule has 8 heteroatoms. The van der Waals surface area contributed by atoms with E-state index >= 15 is 0 Å². The monoisotopic (exact) mass is 447 g/mol. The molecule has 1 atom stereocenters. The summed E-state index contributed by atoms with van der Waals surface area (Å²) in [5, 5.41) is 8.11. The molecular weight excluding hydrogens is 414 g/mol. The van der Waals surface area contributed by atoms with Crippen LogP contribution >= 0.6 is 0 Å². The van der Waals surface area contributed by atoms with Crippen molar-refractivity contribution < 1.29 is 4.74 Å². The lowest BCUT2D eigenvalue weighted by Crippen LogP contribution is -2.35. The van der Waals surface area contributed by atoms with Crippen LogP contribution in [0.5, 0.6) is 5.75 Å². The van der Waals surface area contributed by atoms with Crippen LogP contribution in [0, 0.1) is 0 Å². The van der Waals surface area contributed by atoms with Gasteiger partial charge in [-0.3, -0.25) is 0 Å². The summed E-state index contributed by atoms with van der Waals surface area (Å²) in [6, 6.07) is 12.3. The van der Waals surface area contributed by atoms with Gasteiger partial charge in [0.05, 0.1) is 24.2 Å². The van der Waals surface area contributed by atoms with Crippen molar-refractivity contribution in [1.82, 2.24) is 14.8 Å². The third-order valence-corrected chi connectivity index (χ3v) is 5.89. The molecule has 1 aliphatic rings. The molecule has 33 heavy (non-hydrogen) atoms. The first-order valence-corrected chi connectivity index (χ1v) is 11.0. The van der Waals surface area contributed by atoms with Crippen LogP contribution < -0.4 is 26.0 Å². The van der Waals surface area contributed by atoms with E-state index in [1.807, 2.05) is 31.5 Å². The van der Waals surface area contributed by atoms with Crippen molar-refractivity contribution in [2.75, 3.05) is 57.3 Å². The quantitative estimate of drug-likeness (QED) is 0.460. The highest BCUT2D eigenvalue weighted by molar-refractivity contribution is 5.97. The number of nitrogens with two attached hydrogens (primary N) is 1. The van der Waals surface area contributed by atoms with Gasteiger partial charge in [0.2, 0.25) is 0 Å². The number of aryl methyl sites for hydroxylation is 1. The first-order valence-electron chi connectivity index (χ1n) is 11.0. The molecule has 1 aliphatic heterocycles. The van der Waals surface area contributed by atoms with E-state index < -0.39 is 0 Å². The number of nitrogens with one attached hydrogen (secondary N) is 2. The van der Waals surface area contributed by atoms with Crippen molar-refractivity contribution in [3.63, 3.8) is 0 Å². The normalized spacial score (nSPS) is 15.5. The molecule has 4 rings (SSSR count). The van der Waals surface area contributed by atoms with Gasteiger partial charge in [0.15, 0.2) is 6.29 Å². The molecule has 0 amide bonds. The third-order valence-electron chi connectivity index (χ3n) is 5.89. The second-order valence-corrected chi connectivity index (χ2v) is 8.58. The van der Waals surface area contributed by atoms with E-state index in [0.717, 1.165) is 35.7 Å². The highest BCUT2D eigenvalue weighted by atomic mass is 16.5. The van der Waals surface area contributed by atoms with Crippen LogP contribution in [-0.4, -0.2) is 63.3 Å². The number of methoxy groups -OCH3 is 1. The number of nitrogen functional groups attached to an aromatic ring is 1. The molecule has 0 bridgehead atoms. The summed E-state index contributed by atoms with van der Waals surface area (Å²) in [6.07, 6.45) is 5.60. The smallest absolute Gasteiger partial charge is 0.194 e. The van der Waals surface area contributed by atoms with Crippen molar-refractivity contribution in [3.05, 3.63) is 54.2 Å². The van der Waals surface area contributed by atoms with Gasteiger partial charge in [-0.25, -0.2) is 4.99 Å². The summed E-state index contributed by atoms with van der Waals surface area (Å²) in [4.78, 5) is 8.84. The zero-order valence-electron chi connectivity index (χ0n) is 20.0. The minimum Gasteiger partial charge on any atom is -0.495 e. The van der Waals surface area contributed by atoms with Crippen LogP contribution in [0.2, 0.25) is 0 Å². The van der Waals surface area contributed by atoms with E-state index in [9.17, 15) is 0 Å². The van der Waals surface area contributed by atoms with E-state index in [1.54, 1.807) is 7.11 Å². The van der Waals surface area contributed by atoms with Crippen molar-refractivity contribution in [2.24, 2.45) is 12.0 Å². The number of anilines is 3. The molecular formula is C25H33N7O. The number of likely N-dealkylation sites (N-methyl/N-ethyl adjacent to an activating group) is 2. The second kappa shape index (κ2) is 9.46. The SMILES string of the molecule is COc1cc(N(C)CCN(C)C)c(N)cc1NC1N=CC=C(c2cn(C)c3ccccc23)N1. The van der Waals surface area contributed by atoms with Crippen LogP contribution in [0.1, 0.15) is 5.56 Å². The molecule has 4 N–H and O–H groups in total. The van der Waals surface area contributed by atoms with Gasteiger partial charge >= 0.3 is 0 Å². The Morgan fingerprint density at radius 1 is 1.18 bits per heavy atom. The molecule has 0 radical (unpaired) electrons. The predicted molar refractivity (Wildman–Crippen MR) is 139 cm³/mol. The Morgan fingerprint density at radius 3 is 2.73 bits per heavy atom. The molecule has 3 aromatic rings. The summed E-state index contributed by atoms with van der Waals surface area (Å²) < 4.78 is 7.81. The zero-order chi connectivity index (χ0) is 23.5. The van der Waals surface area contributed by atoms with E-state index in [-0.39, 0.29) is 6.29 Å². The number of para-hydroxylation sites is 1. The summed E-state index contributed by atoms with van der Waals surface area (Å²) in [5.41, 5.74) is 12.2. The van der Waals surface area contributed by atoms with Gasteiger partial charge in [-0.05, 0) is 32.3 Å². The number of aromatic nitrogens is 1. The van der Waals surface area contributed by atoms with Gasteiger partial charge in [0.1, 0.15) is 5.75 Å². The average Bonchev–Trinajstić information content (AvgIpc) is 3.14. The summed E-state index contributed by atoms with van der Waals surface area (Å²) in [6.45, 7) is 1.79. The maximum atomic E-state index is 6.42. The fourth-order valence-corrected chi connectivity index (χ4v) is 4.05. The molecule has 174 valence electrons. The molecule has 8 nitrogen and oxygen atoms in total. The van der Waals surface area contributed by atoms with E-state index in [0.29, 0.717) is 11.4 Å². The van der Waals surface area contributed by atoms with E-state index in [4.69, 9.17) is 10.5 Å². The Bertz CT molecular complexity index is 1190. The number of ether oxygens (including phenoxy) is 1. The lowest BCUT2D eigenvalue weighted by Gasteiger charge is -2.27. The number of rotatable bonds is 8. The number of allylic oxidation sites excluding steroid dienone is 1. The average molecular weight is 448 g/mol. The largest absolute Gasteiger partial charge is 0.495 e. The predicted octanol–water partition coefficient (Wildman–Crippen LogP) is 3.18. The number of hydrogen-bond donors (Lipinski definition) is 3. The van der Waals surface area contributed by atoms with Crippen molar-refractivity contribution in [3.8, 4) is 5.75 Å². The molecule has 0 saturated carbocycles. The Kier molecular flexibility index (Phi) is 6.46. The topological polar surface area (TPSA) is 83.1 Å². The van der Waals surface area contributed by atoms with E-state index in [2.05, 4.69) is 81.6 Å². The Balaban J connectivity index is 1.54. The summed E-state index contributed by atoms with van der Waals surface area (Å²) >= 11 is 0.